The van der Waals surface area contributed by atoms with Gasteiger partial charge in [-0.25, -0.2) is 4.39 Å². The van der Waals surface area contributed by atoms with Crippen molar-refractivity contribution in [3.63, 3.8) is 0 Å². The summed E-state index contributed by atoms with van der Waals surface area (Å²) in [6.45, 7) is 3.00. The Hall–Kier alpha value is -1.62. The molecule has 0 bridgehead atoms. The summed E-state index contributed by atoms with van der Waals surface area (Å²) in [6.07, 6.45) is 0.852. The van der Waals surface area contributed by atoms with Crippen LogP contribution in [-0.4, -0.2) is 17.8 Å². The van der Waals surface area contributed by atoms with Gasteiger partial charge < -0.3 is 15.2 Å². The summed E-state index contributed by atoms with van der Waals surface area (Å²) in [6, 6.07) is 12.0. The van der Waals surface area contributed by atoms with Gasteiger partial charge in [-0.2, -0.15) is 0 Å². The lowest BCUT2D eigenvalue weighted by molar-refractivity contribution is 0.237. The molecule has 2 aromatic rings. The van der Waals surface area contributed by atoms with Crippen LogP contribution in [0, 0.1) is 5.82 Å². The van der Waals surface area contributed by atoms with E-state index < -0.39 is 0 Å². The summed E-state index contributed by atoms with van der Waals surface area (Å²) in [5, 5.41) is 12.9. The Labute approximate surface area is 141 Å². The summed E-state index contributed by atoms with van der Waals surface area (Å²) in [4.78, 5) is 0. The highest BCUT2D eigenvalue weighted by molar-refractivity contribution is 6.31. The van der Waals surface area contributed by atoms with Crippen molar-refractivity contribution in [3.8, 4) is 5.75 Å². The van der Waals surface area contributed by atoms with E-state index in [0.29, 0.717) is 11.6 Å². The minimum Gasteiger partial charge on any atom is -0.489 e. The van der Waals surface area contributed by atoms with Gasteiger partial charge in [0.25, 0.3) is 0 Å². The van der Waals surface area contributed by atoms with E-state index in [1.807, 2.05) is 31.2 Å². The lowest BCUT2D eigenvalue weighted by atomic mass is 10.1. The molecule has 0 amide bonds. The third kappa shape index (κ3) is 5.20. The molecular weight excluding hydrogens is 317 g/mol. The first kappa shape index (κ1) is 17.7. The van der Waals surface area contributed by atoms with Crippen LogP contribution in [0.25, 0.3) is 0 Å². The van der Waals surface area contributed by atoms with Gasteiger partial charge in [-0.1, -0.05) is 42.8 Å². The van der Waals surface area contributed by atoms with Crippen LogP contribution < -0.4 is 10.1 Å². The summed E-state index contributed by atoms with van der Waals surface area (Å²) in [5.74, 6) is 0.381. The SMILES string of the molecule is CC[C@H](CO)NCc1ccccc1OCc1ccc(F)cc1Cl. The largest absolute Gasteiger partial charge is 0.489 e. The van der Waals surface area contributed by atoms with Crippen molar-refractivity contribution in [2.45, 2.75) is 32.5 Å². The number of aliphatic hydroxyl groups excluding tert-OH is 1. The molecule has 124 valence electrons. The number of para-hydroxylation sites is 1. The molecule has 0 spiro atoms. The Morgan fingerprint density at radius 1 is 1.22 bits per heavy atom. The first-order valence-electron chi connectivity index (χ1n) is 7.63. The normalized spacial score (nSPS) is 12.2. The summed E-state index contributed by atoms with van der Waals surface area (Å²) < 4.78 is 18.9. The van der Waals surface area contributed by atoms with Crippen molar-refractivity contribution < 1.29 is 14.2 Å². The van der Waals surface area contributed by atoms with Crippen LogP contribution in [0.2, 0.25) is 5.02 Å². The average Bonchev–Trinajstić information content (AvgIpc) is 2.56. The number of aliphatic hydroxyl groups is 1. The monoisotopic (exact) mass is 337 g/mol. The molecule has 0 radical (unpaired) electrons. The van der Waals surface area contributed by atoms with E-state index in [9.17, 15) is 9.50 Å². The Bertz CT molecular complexity index is 632. The van der Waals surface area contributed by atoms with Gasteiger partial charge in [0, 0.05) is 23.7 Å². The molecule has 3 nitrogen and oxygen atoms in total. The molecule has 1 atom stereocenters. The molecule has 0 fully saturated rings. The molecule has 2 rings (SSSR count). The summed E-state index contributed by atoms with van der Waals surface area (Å²) in [7, 11) is 0. The number of nitrogens with one attached hydrogen (secondary N) is 1. The predicted molar refractivity (Wildman–Crippen MR) is 90.2 cm³/mol. The van der Waals surface area contributed by atoms with Crippen molar-refractivity contribution in [2.75, 3.05) is 6.61 Å². The smallest absolute Gasteiger partial charge is 0.124 e. The molecule has 0 unspecified atom stereocenters. The third-order valence-electron chi connectivity index (χ3n) is 3.67. The molecule has 0 aromatic heterocycles. The van der Waals surface area contributed by atoms with E-state index in [4.69, 9.17) is 16.3 Å². The second kappa shape index (κ2) is 8.87. The predicted octanol–water partition coefficient (Wildman–Crippen LogP) is 3.92. The van der Waals surface area contributed by atoms with Crippen LogP contribution in [-0.2, 0) is 13.2 Å². The van der Waals surface area contributed by atoms with Crippen molar-refractivity contribution in [1.29, 1.82) is 0 Å². The number of rotatable bonds is 8. The van der Waals surface area contributed by atoms with Gasteiger partial charge in [-0.15, -0.1) is 0 Å². The highest BCUT2D eigenvalue weighted by atomic mass is 35.5. The van der Waals surface area contributed by atoms with E-state index >= 15 is 0 Å². The highest BCUT2D eigenvalue weighted by Gasteiger charge is 2.08. The molecule has 5 heteroatoms. The Balaban J connectivity index is 2.02. The first-order chi connectivity index (χ1) is 11.1. The second-order valence-electron chi connectivity index (χ2n) is 5.30. The number of hydrogen-bond acceptors (Lipinski definition) is 3. The van der Waals surface area contributed by atoms with Gasteiger partial charge in [0.05, 0.1) is 11.6 Å². The number of ether oxygens (including phenoxy) is 1. The van der Waals surface area contributed by atoms with Crippen molar-refractivity contribution in [2.24, 2.45) is 0 Å². The van der Waals surface area contributed by atoms with Crippen molar-refractivity contribution in [3.05, 3.63) is 64.4 Å². The maximum atomic E-state index is 13.1. The standard InChI is InChI=1S/C18H21ClFNO2/c1-2-16(11-22)21-10-13-5-3-4-6-18(13)23-12-14-7-8-15(20)9-17(14)19/h3-9,16,21-22H,2,10-12H2,1H3/t16-/m1/s1. The third-order valence-corrected chi connectivity index (χ3v) is 4.02. The zero-order chi connectivity index (χ0) is 16.7. The molecule has 0 saturated heterocycles. The fourth-order valence-corrected chi connectivity index (χ4v) is 2.40. The van der Waals surface area contributed by atoms with Crippen molar-refractivity contribution in [1.82, 2.24) is 5.32 Å². The lowest BCUT2D eigenvalue weighted by Gasteiger charge is -2.16. The minimum absolute atomic E-state index is 0.0644. The zero-order valence-electron chi connectivity index (χ0n) is 13.1. The fourth-order valence-electron chi connectivity index (χ4n) is 2.18. The maximum absolute atomic E-state index is 13.1. The van der Waals surface area contributed by atoms with Gasteiger partial charge >= 0.3 is 0 Å². The number of benzene rings is 2. The molecule has 0 aliphatic rings. The van der Waals surface area contributed by atoms with Crippen LogP contribution in [0.1, 0.15) is 24.5 Å². The zero-order valence-corrected chi connectivity index (χ0v) is 13.8. The Kier molecular flexibility index (Phi) is 6.84. The van der Waals surface area contributed by atoms with Gasteiger partial charge in [0.15, 0.2) is 0 Å². The Morgan fingerprint density at radius 2 is 2.00 bits per heavy atom. The van der Waals surface area contributed by atoms with Gasteiger partial charge in [0.2, 0.25) is 0 Å². The summed E-state index contributed by atoms with van der Waals surface area (Å²) in [5.41, 5.74) is 1.73. The first-order valence-corrected chi connectivity index (χ1v) is 8.00. The molecule has 0 heterocycles. The topological polar surface area (TPSA) is 41.5 Å². The van der Waals surface area contributed by atoms with Crippen molar-refractivity contribution >= 4 is 11.6 Å². The van der Waals surface area contributed by atoms with E-state index in [1.165, 1.54) is 12.1 Å². The van der Waals surface area contributed by atoms with Crippen LogP contribution in [0.15, 0.2) is 42.5 Å². The van der Waals surface area contributed by atoms with Gasteiger partial charge in [-0.3, -0.25) is 0 Å². The van der Waals surface area contributed by atoms with E-state index in [1.54, 1.807) is 6.07 Å². The van der Waals surface area contributed by atoms with Crippen LogP contribution in [0.4, 0.5) is 4.39 Å². The van der Waals surface area contributed by atoms with E-state index in [-0.39, 0.29) is 25.1 Å². The average molecular weight is 338 g/mol. The molecule has 0 aliphatic carbocycles. The molecule has 0 saturated carbocycles. The number of hydrogen-bond donors (Lipinski definition) is 2. The van der Waals surface area contributed by atoms with Crippen LogP contribution >= 0.6 is 11.6 Å². The number of halogens is 2. The molecule has 0 aliphatic heterocycles. The van der Waals surface area contributed by atoms with Gasteiger partial charge in [0.1, 0.15) is 18.2 Å². The van der Waals surface area contributed by atoms with E-state index in [0.717, 1.165) is 23.3 Å². The summed E-state index contributed by atoms with van der Waals surface area (Å²) >= 11 is 6.02. The van der Waals surface area contributed by atoms with Gasteiger partial charge in [-0.05, 0) is 24.6 Å². The van der Waals surface area contributed by atoms with Crippen LogP contribution in [0.3, 0.4) is 0 Å². The molecule has 23 heavy (non-hydrogen) atoms. The fraction of sp³-hybridized carbons (Fsp3) is 0.333. The second-order valence-corrected chi connectivity index (χ2v) is 5.71. The minimum atomic E-state index is -0.363. The quantitative estimate of drug-likeness (QED) is 0.767. The molecule has 2 aromatic carbocycles. The maximum Gasteiger partial charge on any atom is 0.124 e. The highest BCUT2D eigenvalue weighted by Crippen LogP contribution is 2.22. The van der Waals surface area contributed by atoms with E-state index in [2.05, 4.69) is 5.32 Å². The molecule has 2 N–H and O–H groups in total. The Morgan fingerprint density at radius 3 is 2.70 bits per heavy atom. The van der Waals surface area contributed by atoms with Crippen LogP contribution in [0.5, 0.6) is 5.75 Å². The lowest BCUT2D eigenvalue weighted by Crippen LogP contribution is -2.31. The molecular formula is C18H21ClFNO2.